The Morgan fingerprint density at radius 3 is 2.58 bits per heavy atom. The number of ether oxygens (including phenoxy) is 1. The summed E-state index contributed by atoms with van der Waals surface area (Å²) in [4.78, 5) is 33.2. The van der Waals surface area contributed by atoms with Crippen LogP contribution in [0.2, 0.25) is 0 Å². The molecule has 7 nitrogen and oxygen atoms in total. The van der Waals surface area contributed by atoms with Crippen LogP contribution in [-0.4, -0.2) is 59.4 Å². The molecule has 1 saturated heterocycles. The topological polar surface area (TPSA) is 87.9 Å². The lowest BCUT2D eigenvalue weighted by Crippen LogP contribution is -2.50. The normalized spacial score (nSPS) is 22.9. The second-order valence-electron chi connectivity index (χ2n) is 11.1. The highest BCUT2D eigenvalue weighted by atomic mass is 32.1. The Morgan fingerprint density at radius 1 is 1.05 bits per heavy atom. The monoisotopic (exact) mass is 560 g/mol. The molecule has 0 radical (unpaired) electrons. The maximum atomic E-state index is 13.9. The van der Waals surface area contributed by atoms with Crippen LogP contribution < -0.4 is 15.8 Å². The molecule has 1 saturated carbocycles. The minimum atomic E-state index is -0.540. The molecule has 5 rings (SSSR count). The van der Waals surface area contributed by atoms with Crippen LogP contribution in [0.4, 0.5) is 0 Å². The summed E-state index contributed by atoms with van der Waals surface area (Å²) >= 11 is 1.74. The minimum Gasteiger partial charge on any atom is -0.497 e. The van der Waals surface area contributed by atoms with Gasteiger partial charge in [0.25, 0.3) is 5.91 Å². The van der Waals surface area contributed by atoms with Gasteiger partial charge in [0.05, 0.1) is 7.11 Å². The van der Waals surface area contributed by atoms with E-state index < -0.39 is 6.04 Å². The van der Waals surface area contributed by atoms with E-state index in [4.69, 9.17) is 10.5 Å². The van der Waals surface area contributed by atoms with E-state index in [1.165, 1.54) is 16.0 Å². The number of benzene rings is 2. The number of nitrogens with zero attached hydrogens (tertiary/aromatic N) is 2. The molecular weight excluding hydrogens is 520 g/mol. The van der Waals surface area contributed by atoms with E-state index in [1.54, 1.807) is 35.5 Å². The number of hydrogen-bond acceptors (Lipinski definition) is 6. The number of thiophene rings is 1. The second-order valence-corrected chi connectivity index (χ2v) is 12.2. The van der Waals surface area contributed by atoms with E-state index in [1.807, 2.05) is 12.1 Å². The van der Waals surface area contributed by atoms with Crippen molar-refractivity contribution in [2.75, 3.05) is 13.7 Å². The Bertz CT molecular complexity index is 1290. The molecule has 2 atom stereocenters. The number of aryl methyl sites for hydroxylation is 1. The van der Waals surface area contributed by atoms with Gasteiger partial charge in [-0.1, -0.05) is 36.4 Å². The molecule has 0 bridgehead atoms. The quantitative estimate of drug-likeness (QED) is 0.395. The molecule has 2 fully saturated rings. The van der Waals surface area contributed by atoms with Gasteiger partial charge in [-0.05, 0) is 79.8 Å². The SMILES string of the molecule is COc1cccc(C(=O)N2CC(N(Cc3cccs3)Cc3ccccc3C)CC2C(=O)NC2CCC(N)CC2)c1. The summed E-state index contributed by atoms with van der Waals surface area (Å²) in [5.41, 5.74) is 9.13. The van der Waals surface area contributed by atoms with Crippen LogP contribution in [0.3, 0.4) is 0 Å². The van der Waals surface area contributed by atoms with Crippen LogP contribution in [0.15, 0.2) is 66.0 Å². The molecule has 212 valence electrons. The van der Waals surface area contributed by atoms with Gasteiger partial charge >= 0.3 is 0 Å². The largest absolute Gasteiger partial charge is 0.497 e. The van der Waals surface area contributed by atoms with Gasteiger partial charge in [0.15, 0.2) is 0 Å². The number of methoxy groups -OCH3 is 1. The summed E-state index contributed by atoms with van der Waals surface area (Å²) in [6, 6.07) is 19.7. The van der Waals surface area contributed by atoms with Crippen molar-refractivity contribution in [3.05, 3.63) is 87.6 Å². The Labute approximate surface area is 241 Å². The molecule has 1 aliphatic carbocycles. The zero-order chi connectivity index (χ0) is 28.1. The highest BCUT2D eigenvalue weighted by Crippen LogP contribution is 2.30. The Hall–Kier alpha value is -3.20. The summed E-state index contributed by atoms with van der Waals surface area (Å²) < 4.78 is 5.38. The third-order valence-electron chi connectivity index (χ3n) is 8.37. The Balaban J connectivity index is 1.42. The zero-order valence-corrected chi connectivity index (χ0v) is 24.2. The fourth-order valence-electron chi connectivity index (χ4n) is 5.96. The van der Waals surface area contributed by atoms with Crippen molar-refractivity contribution in [3.63, 3.8) is 0 Å². The van der Waals surface area contributed by atoms with Crippen molar-refractivity contribution in [2.24, 2.45) is 5.73 Å². The smallest absolute Gasteiger partial charge is 0.254 e. The average Bonchev–Trinajstić information content (AvgIpc) is 3.65. The molecule has 1 aromatic heterocycles. The molecule has 40 heavy (non-hydrogen) atoms. The van der Waals surface area contributed by atoms with E-state index >= 15 is 0 Å². The van der Waals surface area contributed by atoms with Gasteiger partial charge < -0.3 is 20.7 Å². The third kappa shape index (κ3) is 6.74. The van der Waals surface area contributed by atoms with Crippen molar-refractivity contribution in [1.29, 1.82) is 0 Å². The molecule has 2 unspecified atom stereocenters. The highest BCUT2D eigenvalue weighted by molar-refractivity contribution is 7.09. The van der Waals surface area contributed by atoms with Crippen molar-refractivity contribution < 1.29 is 14.3 Å². The second kappa shape index (κ2) is 13.0. The third-order valence-corrected chi connectivity index (χ3v) is 9.23. The van der Waals surface area contributed by atoms with Crippen LogP contribution in [-0.2, 0) is 17.9 Å². The maximum absolute atomic E-state index is 13.9. The average molecular weight is 561 g/mol. The van der Waals surface area contributed by atoms with Gasteiger partial charge in [0, 0.05) is 48.2 Å². The molecule has 2 aliphatic rings. The number of carbonyl (C=O) groups excluding carboxylic acids is 2. The Morgan fingerprint density at radius 2 is 1.85 bits per heavy atom. The van der Waals surface area contributed by atoms with E-state index in [9.17, 15) is 9.59 Å². The predicted molar refractivity (Wildman–Crippen MR) is 159 cm³/mol. The van der Waals surface area contributed by atoms with Crippen molar-refractivity contribution in [1.82, 2.24) is 15.1 Å². The van der Waals surface area contributed by atoms with E-state index in [2.05, 4.69) is 58.9 Å². The van der Waals surface area contributed by atoms with Crippen molar-refractivity contribution in [3.8, 4) is 5.75 Å². The van der Waals surface area contributed by atoms with Gasteiger partial charge in [-0.3, -0.25) is 14.5 Å². The predicted octanol–water partition coefficient (Wildman–Crippen LogP) is 4.74. The molecular formula is C32H40N4O3S. The van der Waals surface area contributed by atoms with E-state index in [0.29, 0.717) is 24.3 Å². The fraction of sp³-hybridized carbons (Fsp3) is 0.438. The molecule has 8 heteroatoms. The molecule has 0 spiro atoms. The van der Waals surface area contributed by atoms with Gasteiger partial charge in [-0.25, -0.2) is 0 Å². The van der Waals surface area contributed by atoms with Crippen molar-refractivity contribution in [2.45, 2.75) is 76.3 Å². The number of hydrogen-bond donors (Lipinski definition) is 2. The number of rotatable bonds is 9. The zero-order valence-electron chi connectivity index (χ0n) is 23.4. The van der Waals surface area contributed by atoms with Crippen LogP contribution in [0.5, 0.6) is 5.75 Å². The molecule has 2 aromatic carbocycles. The summed E-state index contributed by atoms with van der Waals surface area (Å²) in [6.45, 7) is 4.15. The first-order chi connectivity index (χ1) is 19.4. The standard InChI is InChI=1S/C32H40N4O3S/c1-22-7-3-4-8-24(22)19-35(21-29-11-6-16-40-29)27-18-30(31(37)34-26-14-12-25(33)13-15-26)36(20-27)32(38)23-9-5-10-28(17-23)39-2/h3-11,16-17,25-27,30H,12-15,18-21,33H2,1-2H3,(H,34,37). The summed E-state index contributed by atoms with van der Waals surface area (Å²) in [7, 11) is 1.59. The first kappa shape index (κ1) is 28.3. The van der Waals surface area contributed by atoms with Gasteiger partial charge in [0.1, 0.15) is 11.8 Å². The first-order valence-electron chi connectivity index (χ1n) is 14.2. The van der Waals surface area contributed by atoms with Gasteiger partial charge in [0.2, 0.25) is 5.91 Å². The molecule has 1 aliphatic heterocycles. The minimum absolute atomic E-state index is 0.0341. The van der Waals surface area contributed by atoms with Crippen LogP contribution >= 0.6 is 11.3 Å². The fourth-order valence-corrected chi connectivity index (χ4v) is 6.69. The van der Waals surface area contributed by atoms with Crippen LogP contribution in [0.25, 0.3) is 0 Å². The number of nitrogens with one attached hydrogen (secondary N) is 1. The van der Waals surface area contributed by atoms with E-state index in [0.717, 1.165) is 38.8 Å². The van der Waals surface area contributed by atoms with Crippen LogP contribution in [0, 0.1) is 6.92 Å². The highest BCUT2D eigenvalue weighted by Gasteiger charge is 2.43. The lowest BCUT2D eigenvalue weighted by atomic mass is 9.91. The lowest BCUT2D eigenvalue weighted by Gasteiger charge is -2.30. The number of carbonyl (C=O) groups is 2. The van der Waals surface area contributed by atoms with Crippen molar-refractivity contribution >= 4 is 23.2 Å². The number of nitrogens with two attached hydrogens (primary N) is 1. The summed E-state index contributed by atoms with van der Waals surface area (Å²) in [6.07, 6.45) is 4.17. The van der Waals surface area contributed by atoms with Gasteiger partial charge in [-0.2, -0.15) is 0 Å². The molecule has 2 amide bonds. The first-order valence-corrected chi connectivity index (χ1v) is 15.1. The lowest BCUT2D eigenvalue weighted by molar-refractivity contribution is -0.125. The number of likely N-dealkylation sites (tertiary alicyclic amines) is 1. The summed E-state index contributed by atoms with van der Waals surface area (Å²) in [5.74, 6) is 0.422. The van der Waals surface area contributed by atoms with E-state index in [-0.39, 0.29) is 29.9 Å². The molecule has 2 heterocycles. The maximum Gasteiger partial charge on any atom is 0.254 e. The summed E-state index contributed by atoms with van der Waals surface area (Å²) in [5, 5.41) is 5.37. The molecule has 3 aromatic rings. The molecule has 3 N–H and O–H groups in total. The Kier molecular flexibility index (Phi) is 9.19. The van der Waals surface area contributed by atoms with Crippen LogP contribution in [0.1, 0.15) is 58.5 Å². The van der Waals surface area contributed by atoms with Gasteiger partial charge in [-0.15, -0.1) is 11.3 Å². The number of amides is 2.